The first-order valence-corrected chi connectivity index (χ1v) is 6.86. The SMILES string of the molecule is COC(=O)CCCCc1ccc2c(c1)C(C)(C)CO2. The summed E-state index contributed by atoms with van der Waals surface area (Å²) in [6.07, 6.45) is 3.40. The van der Waals surface area contributed by atoms with Crippen molar-refractivity contribution in [2.45, 2.75) is 44.9 Å². The molecule has 0 saturated carbocycles. The highest BCUT2D eigenvalue weighted by Gasteiger charge is 2.31. The molecule has 1 aromatic carbocycles. The van der Waals surface area contributed by atoms with Gasteiger partial charge in [-0.1, -0.05) is 26.0 Å². The number of fused-ring (bicyclic) bond motifs is 1. The second kappa shape index (κ2) is 5.64. The Kier molecular flexibility index (Phi) is 4.13. The molecule has 1 aromatic rings. The molecule has 1 aliphatic rings. The summed E-state index contributed by atoms with van der Waals surface area (Å²) in [4.78, 5) is 11.0. The van der Waals surface area contributed by atoms with Crippen molar-refractivity contribution in [2.24, 2.45) is 0 Å². The molecule has 0 atom stereocenters. The van der Waals surface area contributed by atoms with E-state index < -0.39 is 0 Å². The second-order valence-corrected chi connectivity index (χ2v) is 5.79. The smallest absolute Gasteiger partial charge is 0.305 e. The van der Waals surface area contributed by atoms with Crippen molar-refractivity contribution >= 4 is 5.97 Å². The normalized spacial score (nSPS) is 15.7. The van der Waals surface area contributed by atoms with Crippen LogP contribution in [0.5, 0.6) is 5.75 Å². The molecule has 0 radical (unpaired) electrons. The topological polar surface area (TPSA) is 35.5 Å². The van der Waals surface area contributed by atoms with Crippen molar-refractivity contribution < 1.29 is 14.3 Å². The molecule has 0 saturated heterocycles. The number of hydrogen-bond acceptors (Lipinski definition) is 3. The van der Waals surface area contributed by atoms with Crippen molar-refractivity contribution in [1.29, 1.82) is 0 Å². The number of unbranched alkanes of at least 4 members (excludes halogenated alkanes) is 1. The molecule has 0 bridgehead atoms. The van der Waals surface area contributed by atoms with E-state index >= 15 is 0 Å². The molecule has 1 heterocycles. The van der Waals surface area contributed by atoms with Crippen molar-refractivity contribution in [1.82, 2.24) is 0 Å². The third-order valence-electron chi connectivity index (χ3n) is 3.69. The summed E-state index contributed by atoms with van der Waals surface area (Å²) in [6, 6.07) is 6.44. The van der Waals surface area contributed by atoms with Crippen molar-refractivity contribution in [3.8, 4) is 5.75 Å². The van der Waals surface area contributed by atoms with Gasteiger partial charge in [-0.2, -0.15) is 0 Å². The Morgan fingerprint density at radius 1 is 1.37 bits per heavy atom. The molecule has 0 fully saturated rings. The van der Waals surface area contributed by atoms with Gasteiger partial charge in [0.05, 0.1) is 13.7 Å². The van der Waals surface area contributed by atoms with Crippen LogP contribution in [0.1, 0.15) is 44.2 Å². The van der Waals surface area contributed by atoms with Crippen LogP contribution in [0.3, 0.4) is 0 Å². The highest BCUT2D eigenvalue weighted by molar-refractivity contribution is 5.68. The van der Waals surface area contributed by atoms with E-state index in [1.165, 1.54) is 18.2 Å². The Hall–Kier alpha value is -1.51. The monoisotopic (exact) mass is 262 g/mol. The van der Waals surface area contributed by atoms with Gasteiger partial charge in [0.25, 0.3) is 0 Å². The van der Waals surface area contributed by atoms with Gasteiger partial charge in [-0.05, 0) is 30.9 Å². The van der Waals surface area contributed by atoms with Gasteiger partial charge < -0.3 is 9.47 Å². The largest absolute Gasteiger partial charge is 0.492 e. The molecule has 19 heavy (non-hydrogen) atoms. The van der Waals surface area contributed by atoms with E-state index in [2.05, 4.69) is 36.8 Å². The van der Waals surface area contributed by atoms with Gasteiger partial charge in [-0.25, -0.2) is 0 Å². The average Bonchev–Trinajstić information content (AvgIpc) is 2.70. The van der Waals surface area contributed by atoms with Gasteiger partial charge in [0.15, 0.2) is 0 Å². The lowest BCUT2D eigenvalue weighted by atomic mass is 9.86. The highest BCUT2D eigenvalue weighted by Crippen LogP contribution is 2.38. The summed E-state index contributed by atoms with van der Waals surface area (Å²) in [6.45, 7) is 5.17. The summed E-state index contributed by atoms with van der Waals surface area (Å²) in [5.41, 5.74) is 2.73. The number of esters is 1. The minimum absolute atomic E-state index is 0.108. The number of hydrogen-bond donors (Lipinski definition) is 0. The molecule has 0 aromatic heterocycles. The first-order valence-electron chi connectivity index (χ1n) is 6.86. The molecule has 0 unspecified atom stereocenters. The maximum Gasteiger partial charge on any atom is 0.305 e. The van der Waals surface area contributed by atoms with Gasteiger partial charge in [0.2, 0.25) is 0 Å². The average molecular weight is 262 g/mol. The zero-order valence-electron chi connectivity index (χ0n) is 12.0. The van der Waals surface area contributed by atoms with Crippen LogP contribution in [0.25, 0.3) is 0 Å². The number of carbonyl (C=O) groups is 1. The molecule has 3 nitrogen and oxygen atoms in total. The van der Waals surface area contributed by atoms with E-state index in [0.29, 0.717) is 6.42 Å². The number of ether oxygens (including phenoxy) is 2. The van der Waals surface area contributed by atoms with Crippen LogP contribution in [-0.2, 0) is 21.4 Å². The number of aryl methyl sites for hydroxylation is 1. The molecular formula is C16H22O3. The van der Waals surface area contributed by atoms with E-state index in [0.717, 1.165) is 31.6 Å². The molecular weight excluding hydrogens is 240 g/mol. The van der Waals surface area contributed by atoms with Crippen LogP contribution in [0.15, 0.2) is 18.2 Å². The lowest BCUT2D eigenvalue weighted by molar-refractivity contribution is -0.140. The third-order valence-corrected chi connectivity index (χ3v) is 3.69. The van der Waals surface area contributed by atoms with Crippen LogP contribution in [0.2, 0.25) is 0 Å². The number of carbonyl (C=O) groups excluding carboxylic acids is 1. The Morgan fingerprint density at radius 2 is 2.16 bits per heavy atom. The van der Waals surface area contributed by atoms with Gasteiger partial charge in [-0.15, -0.1) is 0 Å². The summed E-state index contributed by atoms with van der Waals surface area (Å²) in [5, 5.41) is 0. The maximum absolute atomic E-state index is 11.0. The lowest BCUT2D eigenvalue weighted by Crippen LogP contribution is -2.18. The summed E-state index contributed by atoms with van der Waals surface area (Å²) >= 11 is 0. The molecule has 1 aliphatic heterocycles. The predicted molar refractivity (Wildman–Crippen MR) is 74.5 cm³/mol. The Balaban J connectivity index is 1.91. The number of methoxy groups -OCH3 is 1. The Morgan fingerprint density at radius 3 is 2.89 bits per heavy atom. The fourth-order valence-electron chi connectivity index (χ4n) is 2.42. The van der Waals surface area contributed by atoms with Crippen LogP contribution >= 0.6 is 0 Å². The molecule has 0 spiro atoms. The first kappa shape index (κ1) is 13.9. The van der Waals surface area contributed by atoms with Gasteiger partial charge >= 0.3 is 5.97 Å². The van der Waals surface area contributed by atoms with E-state index in [9.17, 15) is 4.79 Å². The van der Waals surface area contributed by atoms with Crippen LogP contribution in [-0.4, -0.2) is 19.7 Å². The fraction of sp³-hybridized carbons (Fsp3) is 0.562. The molecule has 3 heteroatoms. The zero-order valence-corrected chi connectivity index (χ0v) is 12.0. The van der Waals surface area contributed by atoms with Crippen LogP contribution in [0.4, 0.5) is 0 Å². The standard InChI is InChI=1S/C16H22O3/c1-16(2)11-19-14-9-8-12(10-13(14)16)6-4-5-7-15(17)18-3/h8-10H,4-7,11H2,1-3H3. The molecule has 104 valence electrons. The van der Waals surface area contributed by atoms with Gasteiger partial charge in [0.1, 0.15) is 5.75 Å². The lowest BCUT2D eigenvalue weighted by Gasteiger charge is -2.15. The maximum atomic E-state index is 11.0. The minimum atomic E-state index is -0.122. The molecule has 0 N–H and O–H groups in total. The van der Waals surface area contributed by atoms with Crippen molar-refractivity contribution in [3.63, 3.8) is 0 Å². The van der Waals surface area contributed by atoms with E-state index in [1.807, 2.05) is 0 Å². The summed E-state index contributed by atoms with van der Waals surface area (Å²) in [7, 11) is 1.44. The minimum Gasteiger partial charge on any atom is -0.492 e. The second-order valence-electron chi connectivity index (χ2n) is 5.79. The number of rotatable bonds is 5. The summed E-state index contributed by atoms with van der Waals surface area (Å²) < 4.78 is 10.3. The first-order chi connectivity index (χ1) is 9.03. The van der Waals surface area contributed by atoms with Gasteiger partial charge in [0, 0.05) is 17.4 Å². The molecule has 0 amide bonds. The third kappa shape index (κ3) is 3.28. The van der Waals surface area contributed by atoms with E-state index in [-0.39, 0.29) is 11.4 Å². The fourth-order valence-corrected chi connectivity index (χ4v) is 2.42. The quantitative estimate of drug-likeness (QED) is 0.603. The molecule has 0 aliphatic carbocycles. The zero-order chi connectivity index (χ0) is 13.9. The van der Waals surface area contributed by atoms with Crippen molar-refractivity contribution in [2.75, 3.05) is 13.7 Å². The van der Waals surface area contributed by atoms with Crippen molar-refractivity contribution in [3.05, 3.63) is 29.3 Å². The van der Waals surface area contributed by atoms with E-state index in [4.69, 9.17) is 4.74 Å². The van der Waals surface area contributed by atoms with Crippen LogP contribution in [0, 0.1) is 0 Å². The predicted octanol–water partition coefficient (Wildman–Crippen LogP) is 3.24. The highest BCUT2D eigenvalue weighted by atomic mass is 16.5. The summed E-state index contributed by atoms with van der Waals surface area (Å²) in [5.74, 6) is 0.895. The number of benzene rings is 1. The Labute approximate surface area is 114 Å². The van der Waals surface area contributed by atoms with Gasteiger partial charge in [-0.3, -0.25) is 4.79 Å². The molecule has 2 rings (SSSR count). The Bertz CT molecular complexity index is 463. The van der Waals surface area contributed by atoms with Crippen LogP contribution < -0.4 is 4.74 Å². The van der Waals surface area contributed by atoms with E-state index in [1.54, 1.807) is 0 Å².